The van der Waals surface area contributed by atoms with Gasteiger partial charge in [-0.05, 0) is 39.2 Å². The predicted octanol–water partition coefficient (Wildman–Crippen LogP) is 1.01. The van der Waals surface area contributed by atoms with Gasteiger partial charge in [-0.3, -0.25) is 4.79 Å². The molecule has 1 aromatic heterocycles. The van der Waals surface area contributed by atoms with E-state index in [1.807, 2.05) is 27.7 Å². The molecule has 0 spiro atoms. The van der Waals surface area contributed by atoms with Gasteiger partial charge in [0, 0.05) is 5.56 Å². The molecular formula is C15H18BFN4O3. The van der Waals surface area contributed by atoms with Crippen molar-refractivity contribution in [1.29, 1.82) is 0 Å². The maximum atomic E-state index is 14.6. The van der Waals surface area contributed by atoms with Gasteiger partial charge in [-0.25, -0.2) is 4.39 Å². The Morgan fingerprint density at radius 1 is 1.21 bits per heavy atom. The van der Waals surface area contributed by atoms with Crippen molar-refractivity contribution in [2.45, 2.75) is 38.9 Å². The van der Waals surface area contributed by atoms with Crippen molar-refractivity contribution in [3.8, 4) is 11.3 Å². The lowest BCUT2D eigenvalue weighted by Crippen LogP contribution is -2.41. The van der Waals surface area contributed by atoms with Crippen molar-refractivity contribution in [2.24, 2.45) is 5.73 Å². The molecule has 24 heavy (non-hydrogen) atoms. The number of nitrogens with two attached hydrogens (primary N) is 1. The van der Waals surface area contributed by atoms with E-state index in [-0.39, 0.29) is 17.0 Å². The maximum Gasteiger partial charge on any atom is 0.495 e. The van der Waals surface area contributed by atoms with E-state index >= 15 is 0 Å². The van der Waals surface area contributed by atoms with Gasteiger partial charge in [-0.1, -0.05) is 12.1 Å². The molecule has 7 nitrogen and oxygen atoms in total. The van der Waals surface area contributed by atoms with E-state index in [2.05, 4.69) is 15.4 Å². The Morgan fingerprint density at radius 2 is 1.83 bits per heavy atom. The number of aromatic amines is 1. The highest BCUT2D eigenvalue weighted by molar-refractivity contribution is 6.63. The number of rotatable bonds is 3. The van der Waals surface area contributed by atoms with Gasteiger partial charge < -0.3 is 15.0 Å². The van der Waals surface area contributed by atoms with E-state index in [4.69, 9.17) is 15.0 Å². The van der Waals surface area contributed by atoms with E-state index in [1.54, 1.807) is 12.1 Å². The lowest BCUT2D eigenvalue weighted by molar-refractivity contribution is 0.00578. The molecule has 0 unspecified atom stereocenters. The summed E-state index contributed by atoms with van der Waals surface area (Å²) in [4.78, 5) is 11.5. The molecule has 1 saturated heterocycles. The number of aromatic nitrogens is 3. The quantitative estimate of drug-likeness (QED) is 0.817. The van der Waals surface area contributed by atoms with Crippen LogP contribution in [0.4, 0.5) is 4.39 Å². The first-order valence-electron chi connectivity index (χ1n) is 7.49. The Kier molecular flexibility index (Phi) is 3.73. The van der Waals surface area contributed by atoms with Gasteiger partial charge >= 0.3 is 7.12 Å². The van der Waals surface area contributed by atoms with Gasteiger partial charge in [0.2, 0.25) is 0 Å². The zero-order valence-corrected chi connectivity index (χ0v) is 13.9. The third-order valence-corrected chi connectivity index (χ3v) is 4.57. The van der Waals surface area contributed by atoms with E-state index in [0.29, 0.717) is 5.46 Å². The van der Waals surface area contributed by atoms with Crippen LogP contribution in [0.15, 0.2) is 18.2 Å². The number of primary amides is 1. The molecule has 126 valence electrons. The Morgan fingerprint density at radius 3 is 2.42 bits per heavy atom. The predicted molar refractivity (Wildman–Crippen MR) is 86.0 cm³/mol. The minimum Gasteiger partial charge on any atom is -0.399 e. The topological polar surface area (TPSA) is 103 Å². The summed E-state index contributed by atoms with van der Waals surface area (Å²) < 4.78 is 26.5. The molecule has 0 bridgehead atoms. The van der Waals surface area contributed by atoms with Crippen LogP contribution in [0.3, 0.4) is 0 Å². The second kappa shape index (κ2) is 5.39. The third-order valence-electron chi connectivity index (χ3n) is 4.57. The molecule has 0 saturated carbocycles. The van der Waals surface area contributed by atoms with Crippen molar-refractivity contribution < 1.29 is 18.5 Å². The fourth-order valence-corrected chi connectivity index (χ4v) is 2.53. The molecular weight excluding hydrogens is 314 g/mol. The highest BCUT2D eigenvalue weighted by atomic mass is 19.1. The minimum absolute atomic E-state index is 0.0327. The highest BCUT2D eigenvalue weighted by Gasteiger charge is 2.52. The lowest BCUT2D eigenvalue weighted by atomic mass is 9.75. The molecule has 0 aliphatic carbocycles. The summed E-state index contributed by atoms with van der Waals surface area (Å²) in [6.45, 7) is 7.60. The molecule has 1 aliphatic heterocycles. The number of amides is 1. The summed E-state index contributed by atoms with van der Waals surface area (Å²) in [5.74, 6) is -1.37. The zero-order chi connectivity index (χ0) is 17.7. The number of hydrogen-bond donors (Lipinski definition) is 2. The molecule has 1 amide bonds. The van der Waals surface area contributed by atoms with E-state index in [9.17, 15) is 9.18 Å². The molecule has 3 rings (SSSR count). The number of carbonyl (C=O) groups excluding carboxylic acids is 1. The minimum atomic E-state index is -0.807. The van der Waals surface area contributed by atoms with Crippen molar-refractivity contribution in [2.75, 3.05) is 0 Å². The smallest absolute Gasteiger partial charge is 0.399 e. The standard InChI is InChI=1S/C15H18BFN4O3/c1-14(2)15(3,4)24-16(23-14)8-6-5-7-9(17)10(8)11-12(13(18)22)20-21-19-11/h5-7H,1-4H3,(H2,18,22)(H,19,20,21). The van der Waals surface area contributed by atoms with E-state index in [0.717, 1.165) is 0 Å². The van der Waals surface area contributed by atoms with Crippen LogP contribution in [-0.4, -0.2) is 39.6 Å². The van der Waals surface area contributed by atoms with Crippen molar-refractivity contribution in [3.05, 3.63) is 29.7 Å². The van der Waals surface area contributed by atoms with Gasteiger partial charge in [0.25, 0.3) is 5.91 Å². The summed E-state index contributed by atoms with van der Waals surface area (Å²) >= 11 is 0. The molecule has 1 fully saturated rings. The second-order valence-corrected chi connectivity index (χ2v) is 6.68. The largest absolute Gasteiger partial charge is 0.495 e. The normalized spacial score (nSPS) is 18.8. The Bertz CT molecular complexity index is 790. The number of H-pyrrole nitrogens is 1. The SMILES string of the molecule is CC1(C)OB(c2cccc(F)c2-c2n[nH]nc2C(N)=O)OC1(C)C. The van der Waals surface area contributed by atoms with Crippen LogP contribution in [0.25, 0.3) is 11.3 Å². The molecule has 2 heterocycles. The Labute approximate surface area is 138 Å². The molecule has 9 heteroatoms. The fourth-order valence-electron chi connectivity index (χ4n) is 2.53. The molecule has 0 radical (unpaired) electrons. The summed E-state index contributed by atoms with van der Waals surface area (Å²) in [6.07, 6.45) is 0. The van der Waals surface area contributed by atoms with Gasteiger partial charge in [-0.2, -0.15) is 15.4 Å². The Balaban J connectivity index is 2.14. The molecule has 1 aliphatic rings. The van der Waals surface area contributed by atoms with Crippen molar-refractivity contribution in [1.82, 2.24) is 15.4 Å². The van der Waals surface area contributed by atoms with E-state index < -0.39 is 30.0 Å². The lowest BCUT2D eigenvalue weighted by Gasteiger charge is -2.32. The number of nitrogens with one attached hydrogen (secondary N) is 1. The van der Waals surface area contributed by atoms with Gasteiger partial charge in [-0.15, -0.1) is 0 Å². The van der Waals surface area contributed by atoms with Gasteiger partial charge in [0.1, 0.15) is 11.5 Å². The number of hydrogen-bond acceptors (Lipinski definition) is 5. The first-order valence-corrected chi connectivity index (χ1v) is 7.49. The number of halogens is 1. The van der Waals surface area contributed by atoms with Crippen LogP contribution < -0.4 is 11.2 Å². The fraction of sp³-hybridized carbons (Fsp3) is 0.400. The highest BCUT2D eigenvalue weighted by Crippen LogP contribution is 2.37. The average Bonchev–Trinajstić information content (AvgIpc) is 3.01. The average molecular weight is 332 g/mol. The summed E-state index contributed by atoms with van der Waals surface area (Å²) in [6, 6.07) is 4.48. The molecule has 1 aromatic carbocycles. The Hall–Kier alpha value is -2.26. The van der Waals surface area contributed by atoms with Crippen LogP contribution in [0.5, 0.6) is 0 Å². The van der Waals surface area contributed by atoms with Crippen molar-refractivity contribution in [3.63, 3.8) is 0 Å². The first kappa shape index (κ1) is 16.6. The van der Waals surface area contributed by atoms with E-state index in [1.165, 1.54) is 6.07 Å². The molecule has 0 atom stereocenters. The number of nitrogens with zero attached hydrogens (tertiary/aromatic N) is 2. The van der Waals surface area contributed by atoms with Crippen LogP contribution >= 0.6 is 0 Å². The van der Waals surface area contributed by atoms with Gasteiger partial charge in [0.15, 0.2) is 5.69 Å². The number of carbonyl (C=O) groups is 1. The van der Waals surface area contributed by atoms with Crippen LogP contribution in [0.1, 0.15) is 38.2 Å². The third kappa shape index (κ3) is 2.49. The molecule has 2 aromatic rings. The van der Waals surface area contributed by atoms with Crippen LogP contribution in [0.2, 0.25) is 0 Å². The van der Waals surface area contributed by atoms with Crippen molar-refractivity contribution >= 4 is 18.5 Å². The summed E-state index contributed by atoms with van der Waals surface area (Å²) in [7, 11) is -0.807. The first-order chi connectivity index (χ1) is 11.1. The zero-order valence-electron chi connectivity index (χ0n) is 13.9. The van der Waals surface area contributed by atoms with Crippen LogP contribution in [0, 0.1) is 5.82 Å². The summed E-state index contributed by atoms with van der Waals surface area (Å²) in [5, 5.41) is 9.89. The van der Waals surface area contributed by atoms with Gasteiger partial charge in [0.05, 0.1) is 11.2 Å². The number of benzene rings is 1. The summed E-state index contributed by atoms with van der Waals surface area (Å²) in [5.41, 5.74) is 4.51. The second-order valence-electron chi connectivity index (χ2n) is 6.68. The molecule has 3 N–H and O–H groups in total. The van der Waals surface area contributed by atoms with Crippen LogP contribution in [-0.2, 0) is 9.31 Å². The maximum absolute atomic E-state index is 14.6. The monoisotopic (exact) mass is 332 g/mol.